The molecule has 0 aliphatic carbocycles. The van der Waals surface area contributed by atoms with E-state index in [1.54, 1.807) is 36.4 Å². The van der Waals surface area contributed by atoms with E-state index in [1.807, 2.05) is 6.07 Å². The van der Waals surface area contributed by atoms with Crippen molar-refractivity contribution in [2.75, 3.05) is 7.11 Å². The standard InChI is InChI=1S/C15H11NO3/c1-19-15(18)11-4-2-10(3-5-11)12-6-7-13(9-16)14(17)8-12/h2-8,17H,1H3. The Bertz CT molecular complexity index is 654. The Morgan fingerprint density at radius 3 is 2.32 bits per heavy atom. The van der Waals surface area contributed by atoms with Gasteiger partial charge < -0.3 is 9.84 Å². The lowest BCUT2D eigenvalue weighted by atomic mass is 10.0. The Balaban J connectivity index is 2.35. The molecule has 2 aromatic rings. The van der Waals surface area contributed by atoms with Crippen LogP contribution < -0.4 is 0 Å². The molecule has 0 radical (unpaired) electrons. The van der Waals surface area contributed by atoms with E-state index in [1.165, 1.54) is 13.2 Å². The lowest BCUT2D eigenvalue weighted by Gasteiger charge is -2.05. The molecule has 0 unspecified atom stereocenters. The average molecular weight is 253 g/mol. The number of ether oxygens (including phenoxy) is 1. The third-order valence-electron chi connectivity index (χ3n) is 2.76. The van der Waals surface area contributed by atoms with Gasteiger partial charge >= 0.3 is 5.97 Å². The fourth-order valence-electron chi connectivity index (χ4n) is 1.72. The smallest absolute Gasteiger partial charge is 0.337 e. The highest BCUT2D eigenvalue weighted by atomic mass is 16.5. The summed E-state index contributed by atoms with van der Waals surface area (Å²) in [6.07, 6.45) is 0. The molecule has 4 nitrogen and oxygen atoms in total. The number of phenols is 1. The van der Waals surface area contributed by atoms with Crippen LogP contribution in [0.2, 0.25) is 0 Å². The van der Waals surface area contributed by atoms with E-state index in [-0.39, 0.29) is 11.3 Å². The number of nitriles is 1. The first kappa shape index (κ1) is 12.7. The molecule has 1 N–H and O–H groups in total. The summed E-state index contributed by atoms with van der Waals surface area (Å²) in [6, 6.07) is 13.5. The molecule has 0 atom stereocenters. The van der Waals surface area contributed by atoms with Gasteiger partial charge in [0, 0.05) is 0 Å². The first-order valence-corrected chi connectivity index (χ1v) is 5.57. The molecule has 0 heterocycles. The first-order chi connectivity index (χ1) is 9.15. The van der Waals surface area contributed by atoms with Gasteiger partial charge in [-0.05, 0) is 35.4 Å². The molecule has 2 rings (SSSR count). The number of esters is 1. The molecule has 0 aliphatic rings. The second-order valence-electron chi connectivity index (χ2n) is 3.91. The Morgan fingerprint density at radius 1 is 1.16 bits per heavy atom. The number of nitrogens with zero attached hydrogens (tertiary/aromatic N) is 1. The van der Waals surface area contributed by atoms with E-state index in [9.17, 15) is 9.90 Å². The maximum absolute atomic E-state index is 11.3. The lowest BCUT2D eigenvalue weighted by molar-refractivity contribution is 0.0601. The van der Waals surface area contributed by atoms with Crippen molar-refractivity contribution in [1.82, 2.24) is 0 Å². The molecule has 0 saturated heterocycles. The number of carbonyl (C=O) groups is 1. The summed E-state index contributed by atoms with van der Waals surface area (Å²) in [5.74, 6) is -0.453. The van der Waals surface area contributed by atoms with E-state index < -0.39 is 5.97 Å². The predicted molar refractivity (Wildman–Crippen MR) is 69.6 cm³/mol. The second kappa shape index (κ2) is 5.23. The molecule has 0 amide bonds. The quantitative estimate of drug-likeness (QED) is 0.835. The Hall–Kier alpha value is -2.80. The zero-order valence-corrected chi connectivity index (χ0v) is 10.3. The summed E-state index contributed by atoms with van der Waals surface area (Å²) in [5.41, 5.74) is 2.31. The van der Waals surface area contributed by atoms with Crippen molar-refractivity contribution in [3.05, 3.63) is 53.6 Å². The summed E-state index contributed by atoms with van der Waals surface area (Å²) in [4.78, 5) is 11.3. The van der Waals surface area contributed by atoms with Gasteiger partial charge in [0.2, 0.25) is 0 Å². The van der Waals surface area contributed by atoms with E-state index in [0.717, 1.165) is 11.1 Å². The maximum Gasteiger partial charge on any atom is 0.337 e. The van der Waals surface area contributed by atoms with Gasteiger partial charge in [0.15, 0.2) is 0 Å². The SMILES string of the molecule is COC(=O)c1ccc(-c2ccc(C#N)c(O)c2)cc1. The Morgan fingerprint density at radius 2 is 1.79 bits per heavy atom. The minimum absolute atomic E-state index is 0.0583. The van der Waals surface area contributed by atoms with Gasteiger partial charge in [-0.25, -0.2) is 4.79 Å². The van der Waals surface area contributed by atoms with Gasteiger partial charge in [-0.15, -0.1) is 0 Å². The second-order valence-corrected chi connectivity index (χ2v) is 3.91. The predicted octanol–water partition coefficient (Wildman–Crippen LogP) is 2.72. The van der Waals surface area contributed by atoms with Crippen LogP contribution in [0.25, 0.3) is 11.1 Å². The largest absolute Gasteiger partial charge is 0.507 e. The summed E-state index contributed by atoms with van der Waals surface area (Å²) >= 11 is 0. The number of carbonyl (C=O) groups excluding carboxylic acids is 1. The number of aromatic hydroxyl groups is 1. The fourth-order valence-corrected chi connectivity index (χ4v) is 1.72. The first-order valence-electron chi connectivity index (χ1n) is 5.57. The number of methoxy groups -OCH3 is 1. The molecule has 19 heavy (non-hydrogen) atoms. The van der Waals surface area contributed by atoms with Gasteiger partial charge in [-0.2, -0.15) is 5.26 Å². The van der Waals surface area contributed by atoms with Crippen LogP contribution in [0.15, 0.2) is 42.5 Å². The minimum atomic E-state index is -0.394. The molecular weight excluding hydrogens is 242 g/mol. The zero-order valence-electron chi connectivity index (χ0n) is 10.3. The van der Waals surface area contributed by atoms with Crippen LogP contribution in [0.5, 0.6) is 5.75 Å². The van der Waals surface area contributed by atoms with Crippen LogP contribution in [-0.4, -0.2) is 18.2 Å². The minimum Gasteiger partial charge on any atom is -0.507 e. The number of hydrogen-bond acceptors (Lipinski definition) is 4. The lowest BCUT2D eigenvalue weighted by Crippen LogP contribution is -2.00. The number of benzene rings is 2. The highest BCUT2D eigenvalue weighted by Gasteiger charge is 2.07. The van der Waals surface area contributed by atoms with Gasteiger partial charge in [0.25, 0.3) is 0 Å². The van der Waals surface area contributed by atoms with Crippen molar-refractivity contribution in [2.24, 2.45) is 0 Å². The van der Waals surface area contributed by atoms with Gasteiger partial charge in [0.05, 0.1) is 18.2 Å². The molecule has 0 saturated carbocycles. The summed E-state index contributed by atoms with van der Waals surface area (Å²) in [6.45, 7) is 0. The molecule has 0 aromatic heterocycles. The van der Waals surface area contributed by atoms with Gasteiger partial charge in [-0.1, -0.05) is 18.2 Å². The van der Waals surface area contributed by atoms with Crippen LogP contribution in [-0.2, 0) is 4.74 Å². The van der Waals surface area contributed by atoms with Crippen LogP contribution >= 0.6 is 0 Å². The van der Waals surface area contributed by atoms with Crippen molar-refractivity contribution < 1.29 is 14.6 Å². The molecule has 4 heteroatoms. The van der Waals surface area contributed by atoms with Crippen LogP contribution in [0, 0.1) is 11.3 Å². The van der Waals surface area contributed by atoms with Crippen molar-refractivity contribution in [2.45, 2.75) is 0 Å². The zero-order chi connectivity index (χ0) is 13.8. The average Bonchev–Trinajstić information content (AvgIpc) is 2.46. The third kappa shape index (κ3) is 2.55. The Labute approximate surface area is 110 Å². The molecular formula is C15H11NO3. The summed E-state index contributed by atoms with van der Waals surface area (Å²) in [5, 5.41) is 18.4. The van der Waals surface area contributed by atoms with Gasteiger partial charge in [-0.3, -0.25) is 0 Å². The summed E-state index contributed by atoms with van der Waals surface area (Å²) in [7, 11) is 1.33. The highest BCUT2D eigenvalue weighted by Crippen LogP contribution is 2.26. The van der Waals surface area contributed by atoms with Crippen molar-refractivity contribution in [3.8, 4) is 22.9 Å². The molecule has 0 fully saturated rings. The molecule has 0 aliphatic heterocycles. The maximum atomic E-state index is 11.3. The number of hydrogen-bond donors (Lipinski definition) is 1. The van der Waals surface area contributed by atoms with Crippen LogP contribution in [0.3, 0.4) is 0 Å². The Kier molecular flexibility index (Phi) is 3.48. The van der Waals surface area contributed by atoms with E-state index in [0.29, 0.717) is 5.56 Å². The third-order valence-corrected chi connectivity index (χ3v) is 2.76. The number of phenolic OH excluding ortho intramolecular Hbond substituents is 1. The van der Waals surface area contributed by atoms with Crippen molar-refractivity contribution in [1.29, 1.82) is 5.26 Å². The normalized spacial score (nSPS) is 9.68. The molecule has 0 bridgehead atoms. The fraction of sp³-hybridized carbons (Fsp3) is 0.0667. The van der Waals surface area contributed by atoms with Crippen LogP contribution in [0.4, 0.5) is 0 Å². The monoisotopic (exact) mass is 253 g/mol. The molecule has 0 spiro atoms. The topological polar surface area (TPSA) is 70.3 Å². The van der Waals surface area contributed by atoms with Crippen LogP contribution in [0.1, 0.15) is 15.9 Å². The van der Waals surface area contributed by atoms with E-state index in [2.05, 4.69) is 4.74 Å². The van der Waals surface area contributed by atoms with E-state index >= 15 is 0 Å². The van der Waals surface area contributed by atoms with Gasteiger partial charge in [0.1, 0.15) is 11.8 Å². The molecule has 94 valence electrons. The van der Waals surface area contributed by atoms with Crippen molar-refractivity contribution in [3.63, 3.8) is 0 Å². The van der Waals surface area contributed by atoms with E-state index in [4.69, 9.17) is 5.26 Å². The number of rotatable bonds is 2. The van der Waals surface area contributed by atoms with Crippen molar-refractivity contribution >= 4 is 5.97 Å². The summed E-state index contributed by atoms with van der Waals surface area (Å²) < 4.78 is 4.62. The molecule has 2 aromatic carbocycles. The highest BCUT2D eigenvalue weighted by molar-refractivity contribution is 5.90.